The molecule has 1 aliphatic rings. The largest absolute Gasteiger partial charge is 0.454 e. The van der Waals surface area contributed by atoms with Gasteiger partial charge < -0.3 is 9.30 Å². The monoisotopic (exact) mass is 324 g/mol. The van der Waals surface area contributed by atoms with E-state index in [0.717, 1.165) is 36.8 Å². The van der Waals surface area contributed by atoms with Crippen LogP contribution in [0.1, 0.15) is 61.6 Å². The van der Waals surface area contributed by atoms with Crippen molar-refractivity contribution < 1.29 is 9.53 Å². The lowest BCUT2D eigenvalue weighted by Crippen LogP contribution is -2.42. The van der Waals surface area contributed by atoms with Crippen molar-refractivity contribution in [1.82, 2.24) is 9.55 Å². The zero-order valence-electron chi connectivity index (χ0n) is 14.4. The summed E-state index contributed by atoms with van der Waals surface area (Å²) in [5.41, 5.74) is 2.31. The van der Waals surface area contributed by atoms with E-state index in [1.54, 1.807) is 12.5 Å². The third-order valence-electron chi connectivity index (χ3n) is 4.77. The number of ether oxygens (including phenoxy) is 1. The number of hydrogen-bond acceptors (Lipinski definition) is 3. The van der Waals surface area contributed by atoms with Crippen LogP contribution in [0.2, 0.25) is 0 Å². The Labute approximate surface area is 143 Å². The molecule has 4 nitrogen and oxygen atoms in total. The van der Waals surface area contributed by atoms with Gasteiger partial charge in [0.15, 0.2) is 0 Å². The number of rotatable bonds is 6. The number of esters is 1. The molecule has 126 valence electrons. The number of carbonyl (C=O) groups excluding carboxylic acids is 1. The standard InChI is InChI=1S/C20H24N2O2/c1-15(2)12-20(10-7-11-20)24-19(23)18-13-21-14-22(18)16(3)17-8-5-4-6-9-17/h4-6,8-9,13-14,16H,1,7,10-12H2,2-3H3/t16-/m1/s1. The maximum Gasteiger partial charge on any atom is 0.357 e. The molecule has 1 aromatic carbocycles. The van der Waals surface area contributed by atoms with Crippen LogP contribution in [0.4, 0.5) is 0 Å². The zero-order chi connectivity index (χ0) is 17.2. The van der Waals surface area contributed by atoms with Gasteiger partial charge in [-0.2, -0.15) is 0 Å². The molecule has 1 saturated carbocycles. The molecule has 0 spiro atoms. The normalized spacial score (nSPS) is 16.9. The van der Waals surface area contributed by atoms with E-state index in [-0.39, 0.29) is 17.6 Å². The highest BCUT2D eigenvalue weighted by molar-refractivity contribution is 5.87. The molecule has 0 bridgehead atoms. The Hall–Kier alpha value is -2.36. The topological polar surface area (TPSA) is 44.1 Å². The van der Waals surface area contributed by atoms with E-state index in [2.05, 4.69) is 18.5 Å². The summed E-state index contributed by atoms with van der Waals surface area (Å²) in [6, 6.07) is 10.1. The van der Waals surface area contributed by atoms with Crippen molar-refractivity contribution >= 4 is 5.97 Å². The fourth-order valence-electron chi connectivity index (χ4n) is 3.35. The van der Waals surface area contributed by atoms with E-state index >= 15 is 0 Å². The number of aromatic nitrogens is 2. The summed E-state index contributed by atoms with van der Waals surface area (Å²) in [5.74, 6) is -0.295. The second kappa shape index (κ2) is 6.63. The summed E-state index contributed by atoms with van der Waals surface area (Å²) >= 11 is 0. The first-order chi connectivity index (χ1) is 11.5. The molecule has 1 fully saturated rings. The molecule has 0 saturated heterocycles. The molecule has 4 heteroatoms. The SMILES string of the molecule is C=C(C)CC1(OC(=O)c2cncn2[C@H](C)c2ccccc2)CCC1. The van der Waals surface area contributed by atoms with Gasteiger partial charge in [-0.1, -0.05) is 42.5 Å². The average molecular weight is 324 g/mol. The first-order valence-corrected chi connectivity index (χ1v) is 8.45. The van der Waals surface area contributed by atoms with Gasteiger partial charge in [0.25, 0.3) is 0 Å². The fraction of sp³-hybridized carbons (Fsp3) is 0.400. The molecule has 1 heterocycles. The van der Waals surface area contributed by atoms with E-state index < -0.39 is 0 Å². The summed E-state index contributed by atoms with van der Waals surface area (Å²) in [4.78, 5) is 16.9. The quantitative estimate of drug-likeness (QED) is 0.579. The predicted octanol–water partition coefficient (Wildman–Crippen LogP) is 4.54. The van der Waals surface area contributed by atoms with Gasteiger partial charge in [-0.15, -0.1) is 0 Å². The van der Waals surface area contributed by atoms with E-state index in [4.69, 9.17) is 4.74 Å². The van der Waals surface area contributed by atoms with Crippen LogP contribution >= 0.6 is 0 Å². The second-order valence-electron chi connectivity index (χ2n) is 6.83. The molecule has 0 aliphatic heterocycles. The third-order valence-corrected chi connectivity index (χ3v) is 4.77. The van der Waals surface area contributed by atoms with Crippen LogP contribution in [-0.2, 0) is 4.74 Å². The van der Waals surface area contributed by atoms with Crippen molar-refractivity contribution in [2.24, 2.45) is 0 Å². The Bertz CT molecular complexity index is 729. The van der Waals surface area contributed by atoms with Gasteiger partial charge in [0.2, 0.25) is 0 Å². The number of benzene rings is 1. The maximum absolute atomic E-state index is 12.7. The average Bonchev–Trinajstić information content (AvgIpc) is 3.02. The molecule has 2 aromatic rings. The Morgan fingerprint density at radius 3 is 2.67 bits per heavy atom. The van der Waals surface area contributed by atoms with Crippen LogP contribution in [-0.4, -0.2) is 21.1 Å². The van der Waals surface area contributed by atoms with E-state index in [1.807, 2.05) is 41.8 Å². The lowest BCUT2D eigenvalue weighted by atomic mass is 9.76. The first kappa shape index (κ1) is 16.5. The molecule has 0 N–H and O–H groups in total. The fourth-order valence-corrected chi connectivity index (χ4v) is 3.35. The summed E-state index contributed by atoms with van der Waals surface area (Å²) < 4.78 is 7.78. The van der Waals surface area contributed by atoms with Gasteiger partial charge in [-0.05, 0) is 38.7 Å². The molecule has 1 aliphatic carbocycles. The lowest BCUT2D eigenvalue weighted by molar-refractivity contribution is -0.0623. The minimum Gasteiger partial charge on any atom is -0.454 e. The maximum atomic E-state index is 12.7. The molecule has 0 radical (unpaired) electrons. The molecule has 0 amide bonds. The van der Waals surface area contributed by atoms with E-state index in [0.29, 0.717) is 5.69 Å². The number of hydrogen-bond donors (Lipinski definition) is 0. The Morgan fingerprint density at radius 2 is 2.08 bits per heavy atom. The van der Waals surface area contributed by atoms with E-state index in [1.165, 1.54) is 0 Å². The number of carbonyl (C=O) groups is 1. The third kappa shape index (κ3) is 3.28. The summed E-state index contributed by atoms with van der Waals surface area (Å²) in [7, 11) is 0. The summed E-state index contributed by atoms with van der Waals surface area (Å²) in [6.45, 7) is 8.01. The first-order valence-electron chi connectivity index (χ1n) is 8.45. The van der Waals surface area contributed by atoms with Crippen LogP contribution in [0.15, 0.2) is 55.0 Å². The molecule has 3 rings (SSSR count). The predicted molar refractivity (Wildman–Crippen MR) is 93.9 cm³/mol. The molecular weight excluding hydrogens is 300 g/mol. The van der Waals surface area contributed by atoms with Gasteiger partial charge >= 0.3 is 5.97 Å². The molecule has 0 unspecified atom stereocenters. The minimum absolute atomic E-state index is 0.0229. The van der Waals surface area contributed by atoms with Gasteiger partial charge in [0.1, 0.15) is 11.3 Å². The number of nitrogens with zero attached hydrogens (tertiary/aromatic N) is 2. The van der Waals surface area contributed by atoms with Crippen LogP contribution < -0.4 is 0 Å². The molecule has 1 atom stereocenters. The van der Waals surface area contributed by atoms with Crippen LogP contribution in [0.25, 0.3) is 0 Å². The van der Waals surface area contributed by atoms with Gasteiger partial charge in [0.05, 0.1) is 18.6 Å². The van der Waals surface area contributed by atoms with Crippen molar-refractivity contribution in [2.45, 2.75) is 51.2 Å². The molecular formula is C20H24N2O2. The number of imidazole rings is 1. The van der Waals surface area contributed by atoms with E-state index in [9.17, 15) is 4.79 Å². The minimum atomic E-state index is -0.367. The summed E-state index contributed by atoms with van der Waals surface area (Å²) in [6.07, 6.45) is 6.94. The highest BCUT2D eigenvalue weighted by Gasteiger charge is 2.41. The van der Waals surface area contributed by atoms with Crippen molar-refractivity contribution in [3.8, 4) is 0 Å². The van der Waals surface area contributed by atoms with Crippen LogP contribution in [0.5, 0.6) is 0 Å². The lowest BCUT2D eigenvalue weighted by Gasteiger charge is -2.41. The second-order valence-corrected chi connectivity index (χ2v) is 6.83. The van der Waals surface area contributed by atoms with Crippen molar-refractivity contribution in [2.75, 3.05) is 0 Å². The highest BCUT2D eigenvalue weighted by atomic mass is 16.6. The Balaban J connectivity index is 1.79. The Morgan fingerprint density at radius 1 is 1.38 bits per heavy atom. The van der Waals surface area contributed by atoms with Gasteiger partial charge in [0, 0.05) is 6.42 Å². The molecule has 1 aromatic heterocycles. The van der Waals surface area contributed by atoms with Crippen molar-refractivity contribution in [1.29, 1.82) is 0 Å². The molecule has 24 heavy (non-hydrogen) atoms. The van der Waals surface area contributed by atoms with Crippen molar-refractivity contribution in [3.05, 3.63) is 66.3 Å². The van der Waals surface area contributed by atoms with Gasteiger partial charge in [-0.3, -0.25) is 0 Å². The smallest absolute Gasteiger partial charge is 0.357 e. The van der Waals surface area contributed by atoms with Crippen LogP contribution in [0, 0.1) is 0 Å². The Kier molecular flexibility index (Phi) is 4.56. The zero-order valence-corrected chi connectivity index (χ0v) is 14.4. The van der Waals surface area contributed by atoms with Crippen molar-refractivity contribution in [3.63, 3.8) is 0 Å². The highest BCUT2D eigenvalue weighted by Crippen LogP contribution is 2.41. The summed E-state index contributed by atoms with van der Waals surface area (Å²) in [5, 5.41) is 0. The van der Waals surface area contributed by atoms with Crippen LogP contribution in [0.3, 0.4) is 0 Å². The van der Waals surface area contributed by atoms with Gasteiger partial charge in [-0.25, -0.2) is 9.78 Å².